The molecule has 1 fully saturated rings. The minimum absolute atomic E-state index is 0.0710. The maximum Gasteiger partial charge on any atom is 0.411 e. The highest BCUT2D eigenvalue weighted by Crippen LogP contribution is 2.33. The molecule has 2 heterocycles. The molecule has 7 nitrogen and oxygen atoms in total. The third-order valence-electron chi connectivity index (χ3n) is 4.10. The van der Waals surface area contributed by atoms with Gasteiger partial charge in [0.25, 0.3) is 5.91 Å². The van der Waals surface area contributed by atoms with Crippen LogP contribution < -0.4 is 9.64 Å². The number of ether oxygens (including phenoxy) is 1. The van der Waals surface area contributed by atoms with E-state index in [-0.39, 0.29) is 18.0 Å². The molecule has 1 aromatic rings. The van der Waals surface area contributed by atoms with Crippen molar-refractivity contribution in [2.24, 2.45) is 0 Å². The molecule has 21 heavy (non-hydrogen) atoms. The average molecular weight is 292 g/mol. The van der Waals surface area contributed by atoms with Gasteiger partial charge in [-0.3, -0.25) is 9.69 Å². The molecule has 2 amide bonds. The van der Waals surface area contributed by atoms with Gasteiger partial charge >= 0.3 is 6.09 Å². The van der Waals surface area contributed by atoms with Crippen molar-refractivity contribution < 1.29 is 24.5 Å². The molecule has 2 atom stereocenters. The maximum absolute atomic E-state index is 12.6. The number of nitrogens with zero attached hydrogens (tertiary/aromatic N) is 2. The van der Waals surface area contributed by atoms with Crippen molar-refractivity contribution in [1.82, 2.24) is 4.90 Å². The van der Waals surface area contributed by atoms with Crippen molar-refractivity contribution in [2.45, 2.75) is 18.6 Å². The normalized spacial score (nSPS) is 24.4. The summed E-state index contributed by atoms with van der Waals surface area (Å²) < 4.78 is 5.11. The van der Waals surface area contributed by atoms with Crippen LogP contribution >= 0.6 is 0 Å². The van der Waals surface area contributed by atoms with Gasteiger partial charge in [0.2, 0.25) is 0 Å². The quantitative estimate of drug-likeness (QED) is 0.798. The van der Waals surface area contributed by atoms with Crippen LogP contribution in [0.4, 0.5) is 10.5 Å². The standard InChI is InChI=1S/C14H16N2O5/c1-21-8-2-3-10-9(6-8)13(18)15-5-4-12(17)11(15)7-16(10)14(19)20/h2-3,6,11-12,17H,4-5,7H2,1H3,(H,19,20). The lowest BCUT2D eigenvalue weighted by Crippen LogP contribution is -2.45. The van der Waals surface area contributed by atoms with E-state index in [1.807, 2.05) is 0 Å². The highest BCUT2D eigenvalue weighted by atomic mass is 16.5. The number of hydrogen-bond donors (Lipinski definition) is 2. The fraction of sp³-hybridized carbons (Fsp3) is 0.429. The van der Waals surface area contributed by atoms with Crippen molar-refractivity contribution in [2.75, 3.05) is 25.1 Å². The highest BCUT2D eigenvalue weighted by molar-refractivity contribution is 6.05. The Bertz CT molecular complexity index is 603. The summed E-state index contributed by atoms with van der Waals surface area (Å²) in [4.78, 5) is 26.8. The van der Waals surface area contributed by atoms with Gasteiger partial charge in [0, 0.05) is 6.54 Å². The molecule has 0 bridgehead atoms. The average Bonchev–Trinajstić information content (AvgIpc) is 2.78. The van der Waals surface area contributed by atoms with Crippen molar-refractivity contribution in [3.05, 3.63) is 23.8 Å². The van der Waals surface area contributed by atoms with E-state index in [2.05, 4.69) is 0 Å². The van der Waals surface area contributed by atoms with Crippen LogP contribution in [0.2, 0.25) is 0 Å². The fourth-order valence-corrected chi connectivity index (χ4v) is 2.98. The smallest absolute Gasteiger partial charge is 0.411 e. The molecular weight excluding hydrogens is 276 g/mol. The molecule has 7 heteroatoms. The molecule has 1 aromatic carbocycles. The second-order valence-electron chi connectivity index (χ2n) is 5.20. The Labute approximate surface area is 121 Å². The number of fused-ring (bicyclic) bond motifs is 2. The van der Waals surface area contributed by atoms with Crippen LogP contribution in [0, 0.1) is 0 Å². The Morgan fingerprint density at radius 3 is 2.86 bits per heavy atom. The molecule has 2 aliphatic heterocycles. The van der Waals surface area contributed by atoms with Gasteiger partial charge in [0.15, 0.2) is 0 Å². The zero-order chi connectivity index (χ0) is 15.1. The predicted octanol–water partition coefficient (Wildman–Crippen LogP) is 0.769. The minimum Gasteiger partial charge on any atom is -0.497 e. The van der Waals surface area contributed by atoms with Gasteiger partial charge in [-0.2, -0.15) is 0 Å². The number of amides is 2. The molecule has 0 spiro atoms. The summed E-state index contributed by atoms with van der Waals surface area (Å²) in [6.07, 6.45) is -1.38. The summed E-state index contributed by atoms with van der Waals surface area (Å²) in [6.45, 7) is 0.496. The number of methoxy groups -OCH3 is 1. The third kappa shape index (κ3) is 2.09. The monoisotopic (exact) mass is 292 g/mol. The third-order valence-corrected chi connectivity index (χ3v) is 4.10. The van der Waals surface area contributed by atoms with Crippen molar-refractivity contribution in [1.29, 1.82) is 0 Å². The van der Waals surface area contributed by atoms with E-state index >= 15 is 0 Å². The number of carboxylic acid groups (broad SMARTS) is 1. The van der Waals surface area contributed by atoms with Gasteiger partial charge in [-0.05, 0) is 24.6 Å². The van der Waals surface area contributed by atoms with Crippen LogP contribution in [-0.4, -0.2) is 59.5 Å². The first-order chi connectivity index (χ1) is 10.0. The SMILES string of the molecule is COc1ccc2c(c1)C(=O)N1CCC(O)C1CN2C(=O)O. The number of benzene rings is 1. The zero-order valence-electron chi connectivity index (χ0n) is 11.5. The van der Waals surface area contributed by atoms with E-state index in [0.29, 0.717) is 24.4 Å². The van der Waals surface area contributed by atoms with Crippen LogP contribution in [0.15, 0.2) is 18.2 Å². The van der Waals surface area contributed by atoms with Crippen molar-refractivity contribution in [3.8, 4) is 5.75 Å². The van der Waals surface area contributed by atoms with Gasteiger partial charge in [-0.15, -0.1) is 0 Å². The number of anilines is 1. The molecule has 0 saturated carbocycles. The second-order valence-corrected chi connectivity index (χ2v) is 5.20. The predicted molar refractivity (Wildman–Crippen MR) is 73.8 cm³/mol. The van der Waals surface area contributed by atoms with Gasteiger partial charge in [-0.25, -0.2) is 4.79 Å². The van der Waals surface area contributed by atoms with Crippen molar-refractivity contribution in [3.63, 3.8) is 0 Å². The van der Waals surface area contributed by atoms with Crippen LogP contribution in [0.5, 0.6) is 5.75 Å². The number of rotatable bonds is 1. The molecule has 0 aliphatic carbocycles. The van der Waals surface area contributed by atoms with Crippen LogP contribution in [0.1, 0.15) is 16.8 Å². The van der Waals surface area contributed by atoms with Crippen LogP contribution in [0.25, 0.3) is 0 Å². The van der Waals surface area contributed by atoms with E-state index in [4.69, 9.17) is 4.74 Å². The molecule has 0 aromatic heterocycles. The van der Waals surface area contributed by atoms with E-state index in [9.17, 15) is 19.8 Å². The molecule has 112 valence electrons. The number of hydrogen-bond acceptors (Lipinski definition) is 4. The largest absolute Gasteiger partial charge is 0.497 e. The summed E-state index contributed by atoms with van der Waals surface area (Å²) in [6, 6.07) is 4.22. The molecule has 3 rings (SSSR count). The van der Waals surface area contributed by atoms with E-state index in [0.717, 1.165) is 4.90 Å². The van der Waals surface area contributed by atoms with Gasteiger partial charge in [-0.1, -0.05) is 0 Å². The summed E-state index contributed by atoms with van der Waals surface area (Å²) in [5, 5.41) is 19.4. The Kier molecular flexibility index (Phi) is 3.21. The van der Waals surface area contributed by atoms with Gasteiger partial charge in [0.1, 0.15) is 5.75 Å². The lowest BCUT2D eigenvalue weighted by molar-refractivity contribution is 0.0661. The highest BCUT2D eigenvalue weighted by Gasteiger charge is 2.42. The first-order valence-electron chi connectivity index (χ1n) is 6.70. The Hall–Kier alpha value is -2.28. The topological polar surface area (TPSA) is 90.3 Å². The number of aliphatic hydroxyl groups excluding tert-OH is 1. The van der Waals surface area contributed by atoms with Gasteiger partial charge in [0.05, 0.1) is 37.1 Å². The maximum atomic E-state index is 12.6. The first kappa shape index (κ1) is 13.7. The molecule has 0 radical (unpaired) electrons. The zero-order valence-corrected chi connectivity index (χ0v) is 11.5. The second kappa shape index (κ2) is 4.92. The number of aliphatic hydroxyl groups is 1. The Morgan fingerprint density at radius 2 is 2.19 bits per heavy atom. The summed E-state index contributed by atoms with van der Waals surface area (Å²) in [5.74, 6) is 0.222. The summed E-state index contributed by atoms with van der Waals surface area (Å²) in [7, 11) is 1.49. The molecule has 1 saturated heterocycles. The summed E-state index contributed by atoms with van der Waals surface area (Å²) in [5.41, 5.74) is 0.614. The lowest BCUT2D eigenvalue weighted by Gasteiger charge is -2.26. The minimum atomic E-state index is -1.14. The first-order valence-corrected chi connectivity index (χ1v) is 6.70. The van der Waals surface area contributed by atoms with E-state index in [1.54, 1.807) is 23.1 Å². The molecular formula is C14H16N2O5. The number of carbonyl (C=O) groups excluding carboxylic acids is 1. The van der Waals surface area contributed by atoms with Crippen LogP contribution in [0.3, 0.4) is 0 Å². The molecule has 2 N–H and O–H groups in total. The lowest BCUT2D eigenvalue weighted by atomic mass is 10.1. The van der Waals surface area contributed by atoms with Gasteiger partial charge < -0.3 is 19.8 Å². The van der Waals surface area contributed by atoms with E-state index < -0.39 is 18.2 Å². The molecule has 2 unspecified atom stereocenters. The number of carbonyl (C=O) groups is 2. The Morgan fingerprint density at radius 1 is 1.43 bits per heavy atom. The van der Waals surface area contributed by atoms with Crippen molar-refractivity contribution >= 4 is 17.7 Å². The van der Waals surface area contributed by atoms with E-state index in [1.165, 1.54) is 7.11 Å². The fourth-order valence-electron chi connectivity index (χ4n) is 2.98. The Balaban J connectivity index is 2.13. The summed E-state index contributed by atoms with van der Waals surface area (Å²) >= 11 is 0. The van der Waals surface area contributed by atoms with Crippen LogP contribution in [-0.2, 0) is 0 Å². The molecule has 2 aliphatic rings.